The molecule has 1 saturated heterocycles. The first-order valence-electron chi connectivity index (χ1n) is 5.36. The molecule has 0 saturated carbocycles. The third kappa shape index (κ3) is 2.29. The highest BCUT2D eigenvalue weighted by atomic mass is 16.5. The van der Waals surface area contributed by atoms with Crippen molar-refractivity contribution in [1.29, 1.82) is 0 Å². The number of hydrogen-bond acceptors (Lipinski definition) is 4. The first kappa shape index (κ1) is 11.6. The van der Waals surface area contributed by atoms with Crippen molar-refractivity contribution in [3.8, 4) is 5.75 Å². The van der Waals surface area contributed by atoms with Gasteiger partial charge < -0.3 is 10.5 Å². The summed E-state index contributed by atoms with van der Waals surface area (Å²) in [6, 6.07) is 6.41. The normalized spacial score (nSPS) is 19.5. The highest BCUT2D eigenvalue weighted by molar-refractivity contribution is 6.05. The Balaban J connectivity index is 2.16. The third-order valence-electron chi connectivity index (χ3n) is 2.74. The number of nitrogens with zero attached hydrogens (tertiary/aromatic N) is 1. The van der Waals surface area contributed by atoms with Gasteiger partial charge in [-0.2, -0.15) is 0 Å². The minimum atomic E-state index is -0.300. The average molecular weight is 234 g/mol. The van der Waals surface area contributed by atoms with Crippen LogP contribution in [0.1, 0.15) is 16.8 Å². The molecule has 1 heterocycles. The Labute approximate surface area is 99.2 Å². The van der Waals surface area contributed by atoms with E-state index >= 15 is 0 Å². The first-order valence-corrected chi connectivity index (χ1v) is 5.36. The van der Waals surface area contributed by atoms with E-state index in [1.807, 2.05) is 0 Å². The predicted octanol–water partition coefficient (Wildman–Crippen LogP) is 0.395. The number of likely N-dealkylation sites (tertiary alicyclic amines) is 1. The minimum Gasteiger partial charge on any atom is -0.497 e. The molecule has 1 aliphatic rings. The maximum absolute atomic E-state index is 12.0. The molecule has 5 heteroatoms. The third-order valence-corrected chi connectivity index (χ3v) is 2.74. The molecular weight excluding hydrogens is 220 g/mol. The molecular formula is C12H14N2O3. The lowest BCUT2D eigenvalue weighted by molar-refractivity contribution is -0.125. The first-order chi connectivity index (χ1) is 8.11. The van der Waals surface area contributed by atoms with Crippen molar-refractivity contribution >= 4 is 11.8 Å². The van der Waals surface area contributed by atoms with Crippen molar-refractivity contribution in [3.63, 3.8) is 0 Å². The second kappa shape index (κ2) is 4.55. The number of benzene rings is 1. The van der Waals surface area contributed by atoms with Crippen LogP contribution in [0.15, 0.2) is 24.3 Å². The molecule has 0 aliphatic carbocycles. The van der Waals surface area contributed by atoms with Crippen molar-refractivity contribution < 1.29 is 14.3 Å². The molecule has 2 rings (SSSR count). The van der Waals surface area contributed by atoms with Crippen molar-refractivity contribution in [2.45, 2.75) is 12.5 Å². The Bertz CT molecular complexity index is 442. The van der Waals surface area contributed by atoms with Crippen LogP contribution in [0.2, 0.25) is 0 Å². The van der Waals surface area contributed by atoms with Gasteiger partial charge in [-0.1, -0.05) is 0 Å². The van der Waals surface area contributed by atoms with Gasteiger partial charge in [-0.05, 0) is 24.3 Å². The van der Waals surface area contributed by atoms with Crippen LogP contribution in [0.5, 0.6) is 5.75 Å². The molecule has 0 aromatic heterocycles. The average Bonchev–Trinajstić information content (AvgIpc) is 2.68. The molecule has 1 aromatic carbocycles. The van der Waals surface area contributed by atoms with E-state index in [-0.39, 0.29) is 24.3 Å². The number of ether oxygens (including phenoxy) is 1. The van der Waals surface area contributed by atoms with E-state index in [1.165, 1.54) is 4.90 Å². The van der Waals surface area contributed by atoms with Crippen molar-refractivity contribution in [3.05, 3.63) is 29.8 Å². The fraction of sp³-hybridized carbons (Fsp3) is 0.333. The van der Waals surface area contributed by atoms with Gasteiger partial charge in [0.05, 0.1) is 7.11 Å². The lowest BCUT2D eigenvalue weighted by Gasteiger charge is -2.14. The van der Waals surface area contributed by atoms with E-state index in [9.17, 15) is 9.59 Å². The highest BCUT2D eigenvalue weighted by Crippen LogP contribution is 2.16. The summed E-state index contributed by atoms with van der Waals surface area (Å²) in [4.78, 5) is 24.7. The van der Waals surface area contributed by atoms with Crippen LogP contribution >= 0.6 is 0 Å². The summed E-state index contributed by atoms with van der Waals surface area (Å²) in [5, 5.41) is 0. The SMILES string of the molecule is COc1ccc(C(=O)N2CC(N)CC2=O)cc1. The summed E-state index contributed by atoms with van der Waals surface area (Å²) in [7, 11) is 1.56. The zero-order chi connectivity index (χ0) is 12.4. The second-order valence-electron chi connectivity index (χ2n) is 4.00. The lowest BCUT2D eigenvalue weighted by Crippen LogP contribution is -2.34. The molecule has 17 heavy (non-hydrogen) atoms. The number of carbonyl (C=O) groups is 2. The van der Waals surface area contributed by atoms with Gasteiger partial charge in [0.25, 0.3) is 5.91 Å². The van der Waals surface area contributed by atoms with Gasteiger partial charge in [-0.15, -0.1) is 0 Å². The summed E-state index contributed by atoms with van der Waals surface area (Å²) in [5.41, 5.74) is 6.11. The zero-order valence-corrected chi connectivity index (χ0v) is 9.55. The standard InChI is InChI=1S/C12H14N2O3/c1-17-10-4-2-8(3-5-10)12(16)14-7-9(13)6-11(14)15/h2-5,9H,6-7,13H2,1H3. The number of nitrogens with two attached hydrogens (primary N) is 1. The molecule has 0 radical (unpaired) electrons. The molecule has 0 spiro atoms. The van der Waals surface area contributed by atoms with Gasteiger partial charge in [0.15, 0.2) is 0 Å². The summed E-state index contributed by atoms with van der Waals surface area (Å²) in [5.74, 6) is 0.162. The summed E-state index contributed by atoms with van der Waals surface area (Å²) < 4.78 is 5.00. The smallest absolute Gasteiger partial charge is 0.260 e. The lowest BCUT2D eigenvalue weighted by atomic mass is 10.2. The number of carbonyl (C=O) groups excluding carboxylic acids is 2. The zero-order valence-electron chi connectivity index (χ0n) is 9.55. The Kier molecular flexibility index (Phi) is 3.10. The Hall–Kier alpha value is -1.88. The number of hydrogen-bond donors (Lipinski definition) is 1. The van der Waals surface area contributed by atoms with Gasteiger partial charge >= 0.3 is 0 Å². The van der Waals surface area contributed by atoms with E-state index < -0.39 is 0 Å². The van der Waals surface area contributed by atoms with E-state index in [4.69, 9.17) is 10.5 Å². The molecule has 2 N–H and O–H groups in total. The fourth-order valence-corrected chi connectivity index (χ4v) is 1.82. The van der Waals surface area contributed by atoms with E-state index in [0.717, 1.165) is 0 Å². The molecule has 5 nitrogen and oxygen atoms in total. The van der Waals surface area contributed by atoms with Crippen LogP contribution in [-0.4, -0.2) is 36.4 Å². The minimum absolute atomic E-state index is 0.210. The van der Waals surface area contributed by atoms with E-state index in [2.05, 4.69) is 0 Å². The maximum atomic E-state index is 12.0. The molecule has 1 aliphatic heterocycles. The summed E-state index contributed by atoms with van der Waals surface area (Å²) in [6.07, 6.45) is 0.238. The number of imide groups is 1. The second-order valence-corrected chi connectivity index (χ2v) is 4.00. The quantitative estimate of drug-likeness (QED) is 0.751. The molecule has 1 aromatic rings. The monoisotopic (exact) mass is 234 g/mol. The maximum Gasteiger partial charge on any atom is 0.260 e. The van der Waals surface area contributed by atoms with Crippen LogP contribution in [0, 0.1) is 0 Å². The highest BCUT2D eigenvalue weighted by Gasteiger charge is 2.32. The number of rotatable bonds is 2. The molecule has 1 unspecified atom stereocenters. The van der Waals surface area contributed by atoms with Crippen molar-refractivity contribution in [1.82, 2.24) is 4.90 Å². The molecule has 0 bridgehead atoms. The van der Waals surface area contributed by atoms with E-state index in [0.29, 0.717) is 17.9 Å². The summed E-state index contributed by atoms with van der Waals surface area (Å²) in [6.45, 7) is 0.295. The van der Waals surface area contributed by atoms with Crippen LogP contribution in [-0.2, 0) is 4.79 Å². The predicted molar refractivity (Wildman–Crippen MR) is 61.6 cm³/mol. The van der Waals surface area contributed by atoms with Crippen LogP contribution < -0.4 is 10.5 Å². The summed E-state index contributed by atoms with van der Waals surface area (Å²) >= 11 is 0. The van der Waals surface area contributed by atoms with Crippen LogP contribution in [0.3, 0.4) is 0 Å². The van der Waals surface area contributed by atoms with Crippen molar-refractivity contribution in [2.75, 3.05) is 13.7 Å². The Morgan fingerprint density at radius 1 is 1.41 bits per heavy atom. The van der Waals surface area contributed by atoms with Gasteiger partial charge in [-0.25, -0.2) is 0 Å². The molecule has 90 valence electrons. The fourth-order valence-electron chi connectivity index (χ4n) is 1.82. The Morgan fingerprint density at radius 3 is 2.53 bits per heavy atom. The molecule has 2 amide bonds. The largest absolute Gasteiger partial charge is 0.497 e. The Morgan fingerprint density at radius 2 is 2.06 bits per heavy atom. The topological polar surface area (TPSA) is 72.6 Å². The van der Waals surface area contributed by atoms with Crippen LogP contribution in [0.25, 0.3) is 0 Å². The molecule has 1 atom stereocenters. The van der Waals surface area contributed by atoms with Gasteiger partial charge in [0.2, 0.25) is 5.91 Å². The van der Waals surface area contributed by atoms with Gasteiger partial charge in [0, 0.05) is 24.6 Å². The van der Waals surface area contributed by atoms with E-state index in [1.54, 1.807) is 31.4 Å². The van der Waals surface area contributed by atoms with Gasteiger partial charge in [0.1, 0.15) is 5.75 Å². The molecule has 1 fully saturated rings. The van der Waals surface area contributed by atoms with Crippen LogP contribution in [0.4, 0.5) is 0 Å². The van der Waals surface area contributed by atoms with Gasteiger partial charge in [-0.3, -0.25) is 14.5 Å². The number of methoxy groups -OCH3 is 1. The van der Waals surface area contributed by atoms with Crippen molar-refractivity contribution in [2.24, 2.45) is 5.73 Å². The number of amides is 2.